The maximum Gasteiger partial charge on any atom is 0.513 e. The van der Waals surface area contributed by atoms with Crippen LogP contribution in [0.5, 0.6) is 5.75 Å². The van der Waals surface area contributed by atoms with E-state index in [-0.39, 0.29) is 13.0 Å². The molecule has 0 unspecified atom stereocenters. The predicted molar refractivity (Wildman–Crippen MR) is 89.6 cm³/mol. The summed E-state index contributed by atoms with van der Waals surface area (Å²) in [4.78, 5) is 24.5. The zero-order chi connectivity index (χ0) is 17.4. The lowest BCUT2D eigenvalue weighted by Crippen LogP contribution is -2.14. The van der Waals surface area contributed by atoms with Crippen molar-refractivity contribution in [1.29, 1.82) is 0 Å². The monoisotopic (exact) mass is 329 g/mol. The molecule has 0 bridgehead atoms. The van der Waals surface area contributed by atoms with Gasteiger partial charge in [-0.2, -0.15) is 0 Å². The van der Waals surface area contributed by atoms with Crippen molar-refractivity contribution in [3.05, 3.63) is 54.6 Å². The molecule has 0 aliphatic rings. The molecule has 2 aromatic carbocycles. The molecule has 0 spiro atoms. The van der Waals surface area contributed by atoms with Gasteiger partial charge in [-0.25, -0.2) is 4.79 Å². The lowest BCUT2D eigenvalue weighted by Gasteiger charge is -2.19. The van der Waals surface area contributed by atoms with E-state index in [0.717, 1.165) is 11.4 Å². The maximum absolute atomic E-state index is 11.6. The largest absolute Gasteiger partial charge is 0.513 e. The van der Waals surface area contributed by atoms with Gasteiger partial charge >= 0.3 is 12.1 Å². The van der Waals surface area contributed by atoms with Crippen molar-refractivity contribution in [3.8, 4) is 5.75 Å². The van der Waals surface area contributed by atoms with Gasteiger partial charge in [-0.1, -0.05) is 24.3 Å². The molecule has 6 nitrogen and oxygen atoms in total. The zero-order valence-electron chi connectivity index (χ0n) is 13.6. The van der Waals surface area contributed by atoms with Crippen molar-refractivity contribution in [2.45, 2.75) is 6.42 Å². The van der Waals surface area contributed by atoms with Crippen LogP contribution in [0.2, 0.25) is 0 Å². The summed E-state index contributed by atoms with van der Waals surface area (Å²) in [5.41, 5.74) is 1.87. The van der Waals surface area contributed by atoms with E-state index in [9.17, 15) is 9.59 Å². The van der Waals surface area contributed by atoms with E-state index < -0.39 is 12.1 Å². The van der Waals surface area contributed by atoms with Gasteiger partial charge in [0.2, 0.25) is 0 Å². The third-order valence-electron chi connectivity index (χ3n) is 3.30. The quantitative estimate of drug-likeness (QED) is 0.597. The van der Waals surface area contributed by atoms with Crippen LogP contribution in [0.3, 0.4) is 0 Å². The standard InChI is InChI=1S/C18H19NO5/c1-19(14-7-4-3-5-8-14)15-9-6-10-16(13-15)24-18(21)23-12-11-17(20)22-2/h3-10,13H,11-12H2,1-2H3. The molecule has 0 fully saturated rings. The van der Waals surface area contributed by atoms with Gasteiger partial charge in [0, 0.05) is 24.5 Å². The van der Waals surface area contributed by atoms with Crippen molar-refractivity contribution >= 4 is 23.5 Å². The summed E-state index contributed by atoms with van der Waals surface area (Å²) in [6.07, 6.45) is -0.874. The topological polar surface area (TPSA) is 65.1 Å². The lowest BCUT2D eigenvalue weighted by molar-refractivity contribution is -0.141. The van der Waals surface area contributed by atoms with Gasteiger partial charge in [-0.3, -0.25) is 4.79 Å². The van der Waals surface area contributed by atoms with E-state index in [2.05, 4.69) is 4.74 Å². The van der Waals surface area contributed by atoms with Crippen molar-refractivity contribution in [3.63, 3.8) is 0 Å². The van der Waals surface area contributed by atoms with Crippen LogP contribution in [0.1, 0.15) is 6.42 Å². The van der Waals surface area contributed by atoms with Crippen LogP contribution in [0.15, 0.2) is 54.6 Å². The van der Waals surface area contributed by atoms with E-state index in [1.165, 1.54) is 7.11 Å². The third-order valence-corrected chi connectivity index (χ3v) is 3.30. The molecular weight excluding hydrogens is 310 g/mol. The molecule has 2 rings (SSSR count). The normalized spacial score (nSPS) is 9.92. The summed E-state index contributed by atoms with van der Waals surface area (Å²) in [7, 11) is 3.19. The number of esters is 1. The number of anilines is 2. The van der Waals surface area contributed by atoms with Crippen LogP contribution in [-0.2, 0) is 14.3 Å². The summed E-state index contributed by atoms with van der Waals surface area (Å²) < 4.78 is 14.4. The van der Waals surface area contributed by atoms with Crippen LogP contribution < -0.4 is 9.64 Å². The van der Waals surface area contributed by atoms with E-state index in [4.69, 9.17) is 9.47 Å². The molecule has 0 heterocycles. The van der Waals surface area contributed by atoms with Gasteiger partial charge in [0.25, 0.3) is 0 Å². The minimum atomic E-state index is -0.863. The number of hydrogen-bond donors (Lipinski definition) is 0. The number of hydrogen-bond acceptors (Lipinski definition) is 6. The first kappa shape index (κ1) is 17.3. The van der Waals surface area contributed by atoms with Gasteiger partial charge in [0.05, 0.1) is 13.5 Å². The minimum absolute atomic E-state index is 0.0115. The highest BCUT2D eigenvalue weighted by Gasteiger charge is 2.10. The molecule has 0 aliphatic heterocycles. The van der Waals surface area contributed by atoms with E-state index in [1.807, 2.05) is 48.3 Å². The fraction of sp³-hybridized carbons (Fsp3) is 0.222. The molecule has 0 N–H and O–H groups in total. The first-order valence-electron chi connectivity index (χ1n) is 7.40. The summed E-state index contributed by atoms with van der Waals surface area (Å²) in [6, 6.07) is 16.9. The molecule has 0 atom stereocenters. The molecule has 0 radical (unpaired) electrons. The molecule has 126 valence electrons. The Kier molecular flexibility index (Phi) is 6.19. The van der Waals surface area contributed by atoms with Crippen LogP contribution in [0.4, 0.5) is 16.2 Å². The predicted octanol–water partition coefficient (Wildman–Crippen LogP) is 3.53. The first-order chi connectivity index (χ1) is 11.6. The Labute approximate surface area is 140 Å². The van der Waals surface area contributed by atoms with Crippen molar-refractivity contribution in [1.82, 2.24) is 0 Å². The van der Waals surface area contributed by atoms with Crippen LogP contribution >= 0.6 is 0 Å². The number of methoxy groups -OCH3 is 1. The number of nitrogens with zero attached hydrogens (tertiary/aromatic N) is 1. The smallest absolute Gasteiger partial charge is 0.469 e. The SMILES string of the molecule is COC(=O)CCOC(=O)Oc1cccc(N(C)c2ccccc2)c1. The Morgan fingerprint density at radius 2 is 1.71 bits per heavy atom. The molecular formula is C18H19NO5. The Morgan fingerprint density at radius 3 is 2.42 bits per heavy atom. The average Bonchev–Trinajstić information content (AvgIpc) is 2.61. The van der Waals surface area contributed by atoms with E-state index in [0.29, 0.717) is 5.75 Å². The highest BCUT2D eigenvalue weighted by molar-refractivity contribution is 5.70. The molecule has 0 saturated carbocycles. The second kappa shape index (κ2) is 8.57. The van der Waals surface area contributed by atoms with Crippen molar-refractivity contribution < 1.29 is 23.8 Å². The molecule has 0 aromatic heterocycles. The second-order valence-electron chi connectivity index (χ2n) is 4.92. The molecule has 6 heteroatoms. The van der Waals surface area contributed by atoms with Gasteiger partial charge in [-0.05, 0) is 24.3 Å². The highest BCUT2D eigenvalue weighted by Crippen LogP contribution is 2.26. The lowest BCUT2D eigenvalue weighted by atomic mass is 10.2. The summed E-state index contributed by atoms with van der Waals surface area (Å²) in [5.74, 6) is -0.0902. The zero-order valence-corrected chi connectivity index (χ0v) is 13.6. The minimum Gasteiger partial charge on any atom is -0.469 e. The van der Waals surface area contributed by atoms with Gasteiger partial charge in [0.15, 0.2) is 0 Å². The molecule has 24 heavy (non-hydrogen) atoms. The number of carbonyl (C=O) groups is 2. The molecule has 0 amide bonds. The Hall–Kier alpha value is -3.02. The van der Waals surface area contributed by atoms with E-state index >= 15 is 0 Å². The Bertz CT molecular complexity index is 687. The van der Waals surface area contributed by atoms with E-state index in [1.54, 1.807) is 18.2 Å². The van der Waals surface area contributed by atoms with Gasteiger partial charge < -0.3 is 19.1 Å². The third kappa shape index (κ3) is 5.01. The van der Waals surface area contributed by atoms with Gasteiger partial charge in [0.1, 0.15) is 12.4 Å². The summed E-state index contributed by atoms with van der Waals surface area (Å²) >= 11 is 0. The van der Waals surface area contributed by atoms with Crippen LogP contribution in [-0.4, -0.2) is 32.9 Å². The number of ether oxygens (including phenoxy) is 3. The van der Waals surface area contributed by atoms with Crippen molar-refractivity contribution in [2.24, 2.45) is 0 Å². The molecule has 2 aromatic rings. The highest BCUT2D eigenvalue weighted by atomic mass is 16.7. The summed E-state index contributed by atoms with van der Waals surface area (Å²) in [5, 5.41) is 0. The number of carbonyl (C=O) groups excluding carboxylic acids is 2. The number of rotatable bonds is 6. The number of benzene rings is 2. The average molecular weight is 329 g/mol. The maximum atomic E-state index is 11.6. The fourth-order valence-corrected chi connectivity index (χ4v) is 2.00. The fourth-order valence-electron chi connectivity index (χ4n) is 2.00. The van der Waals surface area contributed by atoms with Crippen LogP contribution in [0, 0.1) is 0 Å². The first-order valence-corrected chi connectivity index (χ1v) is 7.40. The summed E-state index contributed by atoms with van der Waals surface area (Å²) in [6.45, 7) is -0.0882. The van der Waals surface area contributed by atoms with Crippen molar-refractivity contribution in [2.75, 3.05) is 25.7 Å². The van der Waals surface area contributed by atoms with Crippen LogP contribution in [0.25, 0.3) is 0 Å². The molecule has 0 aliphatic carbocycles. The molecule has 0 saturated heterocycles. The van der Waals surface area contributed by atoms with Gasteiger partial charge in [-0.15, -0.1) is 0 Å². The Balaban J connectivity index is 1.95. The second-order valence-corrected chi connectivity index (χ2v) is 4.92. The number of para-hydroxylation sites is 1. The Morgan fingerprint density at radius 1 is 1.00 bits per heavy atom.